The minimum absolute atomic E-state index is 0.166. The maximum atomic E-state index is 13.1. The number of amides is 1. The monoisotopic (exact) mass is 301 g/mol. The van der Waals surface area contributed by atoms with Crippen LogP contribution in [0.2, 0.25) is 0 Å². The molecular weight excluding hydrogens is 283 g/mol. The number of alkyl halides is 3. The molecule has 1 saturated heterocycles. The number of hydrogen-bond donors (Lipinski definition) is 0. The van der Waals surface area contributed by atoms with E-state index >= 15 is 0 Å². The van der Waals surface area contributed by atoms with Crippen LogP contribution >= 0.6 is 0 Å². The first-order chi connectivity index (χ1) is 9.86. The number of halogens is 3. The summed E-state index contributed by atoms with van der Waals surface area (Å²) in [6.07, 6.45) is -3.83. The normalized spacial score (nSPS) is 20.6. The molecule has 0 bridgehead atoms. The highest BCUT2D eigenvalue weighted by atomic mass is 19.4. The van der Waals surface area contributed by atoms with Gasteiger partial charge >= 0.3 is 6.18 Å². The van der Waals surface area contributed by atoms with E-state index < -0.39 is 23.9 Å². The van der Waals surface area contributed by atoms with Crippen LogP contribution in [0.25, 0.3) is 0 Å². The van der Waals surface area contributed by atoms with Gasteiger partial charge in [0.1, 0.15) is 6.10 Å². The van der Waals surface area contributed by atoms with E-state index in [1.165, 1.54) is 24.1 Å². The fourth-order valence-electron chi connectivity index (χ4n) is 2.73. The Labute approximate surface area is 121 Å². The molecule has 1 aliphatic rings. The van der Waals surface area contributed by atoms with Crippen LogP contribution in [-0.4, -0.2) is 30.6 Å². The predicted octanol–water partition coefficient (Wildman–Crippen LogP) is 3.40. The van der Waals surface area contributed by atoms with E-state index in [0.29, 0.717) is 19.4 Å². The second kappa shape index (κ2) is 6.05. The van der Waals surface area contributed by atoms with Crippen molar-refractivity contribution >= 4 is 5.91 Å². The van der Waals surface area contributed by atoms with Gasteiger partial charge in [0, 0.05) is 13.7 Å². The van der Waals surface area contributed by atoms with E-state index in [9.17, 15) is 18.0 Å². The minimum Gasteiger partial charge on any atom is -0.372 e. The van der Waals surface area contributed by atoms with Crippen LogP contribution in [0, 0.1) is 0 Å². The summed E-state index contributed by atoms with van der Waals surface area (Å²) < 4.78 is 44.4. The molecular formula is C15H18F3NO2. The number of benzene rings is 1. The van der Waals surface area contributed by atoms with Crippen molar-refractivity contribution in [2.24, 2.45) is 0 Å². The Kier molecular flexibility index (Phi) is 4.56. The molecule has 2 atom stereocenters. The molecule has 0 N–H and O–H groups in total. The molecule has 0 radical (unpaired) electrons. The topological polar surface area (TPSA) is 29.5 Å². The Morgan fingerprint density at radius 2 is 2.05 bits per heavy atom. The summed E-state index contributed by atoms with van der Waals surface area (Å²) in [5, 5.41) is 0. The van der Waals surface area contributed by atoms with E-state index in [1.54, 1.807) is 13.0 Å². The number of nitrogens with zero attached hydrogens (tertiary/aromatic N) is 1. The van der Waals surface area contributed by atoms with Crippen molar-refractivity contribution in [2.45, 2.75) is 38.1 Å². The molecule has 1 amide bonds. The zero-order valence-corrected chi connectivity index (χ0v) is 12.0. The molecule has 1 aromatic rings. The first-order valence-electron chi connectivity index (χ1n) is 6.85. The quantitative estimate of drug-likeness (QED) is 0.856. The summed E-state index contributed by atoms with van der Waals surface area (Å²) in [5.41, 5.74) is -0.501. The SMILES string of the molecule is CO[C@H](C)C(=O)N1CCC[C@@H]1c1ccccc1C(F)(F)F. The third-order valence-electron chi connectivity index (χ3n) is 3.86. The van der Waals surface area contributed by atoms with Crippen molar-refractivity contribution < 1.29 is 22.7 Å². The van der Waals surface area contributed by atoms with Crippen molar-refractivity contribution in [1.29, 1.82) is 0 Å². The largest absolute Gasteiger partial charge is 0.416 e. The van der Waals surface area contributed by atoms with Gasteiger partial charge in [0.2, 0.25) is 0 Å². The highest BCUT2D eigenvalue weighted by molar-refractivity contribution is 5.81. The highest BCUT2D eigenvalue weighted by Crippen LogP contribution is 2.40. The van der Waals surface area contributed by atoms with E-state index in [0.717, 1.165) is 6.07 Å². The third kappa shape index (κ3) is 3.20. The lowest BCUT2D eigenvalue weighted by molar-refractivity contribution is -0.144. The van der Waals surface area contributed by atoms with Gasteiger partial charge < -0.3 is 9.64 Å². The summed E-state index contributed by atoms with van der Waals surface area (Å²) in [6.45, 7) is 2.07. The molecule has 2 rings (SSSR count). The zero-order valence-electron chi connectivity index (χ0n) is 12.0. The Morgan fingerprint density at radius 3 is 2.67 bits per heavy atom. The highest BCUT2D eigenvalue weighted by Gasteiger charge is 2.39. The van der Waals surface area contributed by atoms with Gasteiger partial charge in [-0.25, -0.2) is 0 Å². The fourth-order valence-corrected chi connectivity index (χ4v) is 2.73. The van der Waals surface area contributed by atoms with Crippen LogP contribution in [0.4, 0.5) is 13.2 Å². The van der Waals surface area contributed by atoms with Gasteiger partial charge in [0.25, 0.3) is 5.91 Å². The van der Waals surface area contributed by atoms with Crippen molar-refractivity contribution in [1.82, 2.24) is 4.90 Å². The van der Waals surface area contributed by atoms with Gasteiger partial charge in [-0.15, -0.1) is 0 Å². The summed E-state index contributed by atoms with van der Waals surface area (Å²) in [5.74, 6) is -0.267. The van der Waals surface area contributed by atoms with Gasteiger partial charge in [0.15, 0.2) is 0 Å². The van der Waals surface area contributed by atoms with Crippen LogP contribution in [0.1, 0.15) is 36.9 Å². The van der Waals surface area contributed by atoms with Gasteiger partial charge in [-0.2, -0.15) is 13.2 Å². The molecule has 0 unspecified atom stereocenters. The Bertz CT molecular complexity index is 516. The average Bonchev–Trinajstić information content (AvgIpc) is 2.94. The summed E-state index contributed by atoms with van der Waals surface area (Å²) in [7, 11) is 1.41. The first kappa shape index (κ1) is 15.8. The van der Waals surface area contributed by atoms with Gasteiger partial charge in [-0.05, 0) is 31.4 Å². The van der Waals surface area contributed by atoms with Crippen LogP contribution in [0.5, 0.6) is 0 Å². The number of carbonyl (C=O) groups excluding carboxylic acids is 1. The minimum atomic E-state index is -4.42. The molecule has 0 aliphatic carbocycles. The maximum Gasteiger partial charge on any atom is 0.416 e. The number of carbonyl (C=O) groups is 1. The lowest BCUT2D eigenvalue weighted by atomic mass is 9.98. The summed E-state index contributed by atoms with van der Waals surface area (Å²) in [6, 6.07) is 4.93. The van der Waals surface area contributed by atoms with E-state index in [2.05, 4.69) is 0 Å². The smallest absolute Gasteiger partial charge is 0.372 e. The molecule has 116 valence electrons. The molecule has 1 aromatic carbocycles. The Hall–Kier alpha value is -1.56. The van der Waals surface area contributed by atoms with Gasteiger partial charge in [-0.1, -0.05) is 18.2 Å². The molecule has 3 nitrogen and oxygen atoms in total. The average molecular weight is 301 g/mol. The molecule has 1 heterocycles. The molecule has 1 aliphatic heterocycles. The standard InChI is InChI=1S/C15H18F3NO2/c1-10(21-2)14(20)19-9-5-8-13(19)11-6-3-4-7-12(11)15(16,17)18/h3-4,6-7,10,13H,5,8-9H2,1-2H3/t10-,13-/m1/s1. The van der Waals surface area contributed by atoms with Crippen molar-refractivity contribution in [2.75, 3.05) is 13.7 Å². The molecule has 1 fully saturated rings. The fraction of sp³-hybridized carbons (Fsp3) is 0.533. The number of hydrogen-bond acceptors (Lipinski definition) is 2. The van der Waals surface area contributed by atoms with Crippen molar-refractivity contribution in [3.8, 4) is 0 Å². The van der Waals surface area contributed by atoms with Gasteiger partial charge in [-0.3, -0.25) is 4.79 Å². The number of rotatable bonds is 3. The molecule has 6 heteroatoms. The zero-order chi connectivity index (χ0) is 15.6. The molecule has 0 aromatic heterocycles. The third-order valence-corrected chi connectivity index (χ3v) is 3.86. The molecule has 0 spiro atoms. The lowest BCUT2D eigenvalue weighted by Gasteiger charge is -2.29. The molecule has 0 saturated carbocycles. The maximum absolute atomic E-state index is 13.1. The van der Waals surface area contributed by atoms with E-state index in [4.69, 9.17) is 4.74 Å². The van der Waals surface area contributed by atoms with E-state index in [-0.39, 0.29) is 11.5 Å². The van der Waals surface area contributed by atoms with Crippen LogP contribution in [-0.2, 0) is 15.7 Å². The first-order valence-corrected chi connectivity index (χ1v) is 6.85. The number of likely N-dealkylation sites (tertiary alicyclic amines) is 1. The Balaban J connectivity index is 2.35. The van der Waals surface area contributed by atoms with Crippen LogP contribution < -0.4 is 0 Å². The number of ether oxygens (including phenoxy) is 1. The summed E-state index contributed by atoms with van der Waals surface area (Å²) in [4.78, 5) is 13.7. The van der Waals surface area contributed by atoms with Gasteiger partial charge in [0.05, 0.1) is 11.6 Å². The van der Waals surface area contributed by atoms with E-state index in [1.807, 2.05) is 0 Å². The molecule has 21 heavy (non-hydrogen) atoms. The van der Waals surface area contributed by atoms with Crippen LogP contribution in [0.15, 0.2) is 24.3 Å². The second-order valence-electron chi connectivity index (χ2n) is 5.15. The second-order valence-corrected chi connectivity index (χ2v) is 5.15. The van der Waals surface area contributed by atoms with Crippen molar-refractivity contribution in [3.63, 3.8) is 0 Å². The summed E-state index contributed by atoms with van der Waals surface area (Å²) >= 11 is 0. The van der Waals surface area contributed by atoms with Crippen molar-refractivity contribution in [3.05, 3.63) is 35.4 Å². The lowest BCUT2D eigenvalue weighted by Crippen LogP contribution is -2.38. The predicted molar refractivity (Wildman–Crippen MR) is 71.6 cm³/mol. The Morgan fingerprint density at radius 1 is 1.38 bits per heavy atom. The van der Waals surface area contributed by atoms with Crippen LogP contribution in [0.3, 0.4) is 0 Å². The number of methoxy groups -OCH3 is 1.